The quantitative estimate of drug-likeness (QED) is 0.827. The highest BCUT2D eigenvalue weighted by atomic mass is 35.5. The van der Waals surface area contributed by atoms with Crippen LogP contribution >= 0.6 is 11.6 Å². The van der Waals surface area contributed by atoms with Gasteiger partial charge < -0.3 is 5.73 Å². The zero-order valence-electron chi connectivity index (χ0n) is 13.4. The average molecular weight is 364 g/mol. The van der Waals surface area contributed by atoms with Crippen LogP contribution in [0.15, 0.2) is 47.4 Å². The molecule has 4 nitrogen and oxygen atoms in total. The zero-order chi connectivity index (χ0) is 17.9. The van der Waals surface area contributed by atoms with Crippen LogP contribution in [0.2, 0.25) is 5.02 Å². The minimum Gasteiger partial charge on any atom is -0.365 e. The summed E-state index contributed by atoms with van der Waals surface area (Å²) in [6, 6.07) is 12.0. The SMILES string of the molecule is Cc1ccc(C)c(C=C(C(N)=O)S(=O)(=O)Cc2ccc(Cl)cc2)c1. The van der Waals surface area contributed by atoms with E-state index < -0.39 is 20.6 Å². The minimum absolute atomic E-state index is 0.316. The molecule has 0 bridgehead atoms. The standard InChI is InChI=1S/C18H18ClNO3S/c1-12-3-4-13(2)15(9-12)10-17(18(20)21)24(22,23)11-14-5-7-16(19)8-6-14/h3-10H,11H2,1-2H3,(H2,20,21). The molecular formula is C18H18ClNO3S. The summed E-state index contributed by atoms with van der Waals surface area (Å²) < 4.78 is 25.3. The van der Waals surface area contributed by atoms with Gasteiger partial charge in [-0.25, -0.2) is 8.42 Å². The molecule has 0 aliphatic heterocycles. The predicted molar refractivity (Wildman–Crippen MR) is 97.2 cm³/mol. The van der Waals surface area contributed by atoms with Gasteiger partial charge in [0, 0.05) is 5.02 Å². The van der Waals surface area contributed by atoms with Gasteiger partial charge in [-0.15, -0.1) is 0 Å². The largest absolute Gasteiger partial charge is 0.365 e. The topological polar surface area (TPSA) is 77.2 Å². The number of carbonyl (C=O) groups excluding carboxylic acids is 1. The van der Waals surface area contributed by atoms with Crippen LogP contribution in [0.1, 0.15) is 22.3 Å². The third kappa shape index (κ3) is 4.46. The maximum Gasteiger partial charge on any atom is 0.260 e. The third-order valence-electron chi connectivity index (χ3n) is 3.57. The fourth-order valence-electron chi connectivity index (χ4n) is 2.25. The van der Waals surface area contributed by atoms with E-state index in [2.05, 4.69) is 0 Å². The van der Waals surface area contributed by atoms with Gasteiger partial charge in [-0.05, 0) is 48.7 Å². The first kappa shape index (κ1) is 18.2. The van der Waals surface area contributed by atoms with Gasteiger partial charge in [0.25, 0.3) is 5.91 Å². The van der Waals surface area contributed by atoms with Crippen LogP contribution in [0.5, 0.6) is 0 Å². The molecule has 126 valence electrons. The van der Waals surface area contributed by atoms with Crippen LogP contribution in [-0.4, -0.2) is 14.3 Å². The Kier molecular flexibility index (Phi) is 5.47. The number of aryl methyl sites for hydroxylation is 2. The highest BCUT2D eigenvalue weighted by molar-refractivity contribution is 7.95. The van der Waals surface area contributed by atoms with Crippen molar-refractivity contribution in [3.8, 4) is 0 Å². The molecule has 0 saturated heterocycles. The molecule has 2 rings (SSSR count). The molecule has 0 atom stereocenters. The smallest absolute Gasteiger partial charge is 0.260 e. The number of rotatable bonds is 5. The zero-order valence-corrected chi connectivity index (χ0v) is 15.0. The van der Waals surface area contributed by atoms with Crippen molar-refractivity contribution in [1.29, 1.82) is 0 Å². The number of amides is 1. The lowest BCUT2D eigenvalue weighted by Crippen LogP contribution is -2.22. The number of nitrogens with two attached hydrogens (primary N) is 1. The molecule has 2 aromatic rings. The van der Waals surface area contributed by atoms with E-state index in [1.54, 1.807) is 24.3 Å². The first-order valence-electron chi connectivity index (χ1n) is 7.25. The summed E-state index contributed by atoms with van der Waals surface area (Å²) in [5.41, 5.74) is 8.35. The molecule has 0 heterocycles. The number of halogens is 1. The summed E-state index contributed by atoms with van der Waals surface area (Å²) in [6.45, 7) is 3.73. The number of sulfone groups is 1. The van der Waals surface area contributed by atoms with Crippen molar-refractivity contribution in [2.45, 2.75) is 19.6 Å². The molecule has 0 fully saturated rings. The second kappa shape index (κ2) is 7.20. The molecule has 0 radical (unpaired) electrons. The van der Waals surface area contributed by atoms with Crippen molar-refractivity contribution in [1.82, 2.24) is 0 Å². The average Bonchev–Trinajstić information content (AvgIpc) is 2.49. The second-order valence-corrected chi connectivity index (χ2v) is 8.01. The van der Waals surface area contributed by atoms with Crippen LogP contribution in [0.4, 0.5) is 0 Å². The van der Waals surface area contributed by atoms with Gasteiger partial charge in [-0.2, -0.15) is 0 Å². The Morgan fingerprint density at radius 3 is 2.33 bits per heavy atom. The van der Waals surface area contributed by atoms with Crippen molar-refractivity contribution in [2.24, 2.45) is 5.73 Å². The third-order valence-corrected chi connectivity index (χ3v) is 5.52. The van der Waals surface area contributed by atoms with E-state index in [-0.39, 0.29) is 5.75 Å². The summed E-state index contributed by atoms with van der Waals surface area (Å²) >= 11 is 5.80. The van der Waals surface area contributed by atoms with Gasteiger partial charge in [-0.3, -0.25) is 4.79 Å². The molecule has 0 aromatic heterocycles. The van der Waals surface area contributed by atoms with Crippen molar-refractivity contribution in [3.63, 3.8) is 0 Å². The van der Waals surface area contributed by atoms with E-state index in [4.69, 9.17) is 17.3 Å². The number of hydrogen-bond donors (Lipinski definition) is 1. The number of benzene rings is 2. The van der Waals surface area contributed by atoms with E-state index >= 15 is 0 Å². The molecule has 0 spiro atoms. The molecule has 0 saturated carbocycles. The summed E-state index contributed by atoms with van der Waals surface area (Å²) in [7, 11) is -3.87. The molecule has 0 aliphatic rings. The van der Waals surface area contributed by atoms with Gasteiger partial charge in [0.15, 0.2) is 9.84 Å². The Balaban J connectivity index is 2.45. The molecule has 6 heteroatoms. The summed E-state index contributed by atoms with van der Waals surface area (Å²) in [4.78, 5) is 11.3. The summed E-state index contributed by atoms with van der Waals surface area (Å²) in [5, 5.41) is 0.511. The van der Waals surface area contributed by atoms with Gasteiger partial charge >= 0.3 is 0 Å². The Morgan fingerprint density at radius 2 is 1.75 bits per heavy atom. The molecule has 2 aromatic carbocycles. The predicted octanol–water partition coefficient (Wildman–Crippen LogP) is 3.40. The van der Waals surface area contributed by atoms with Crippen molar-refractivity contribution in [2.75, 3.05) is 0 Å². The van der Waals surface area contributed by atoms with Gasteiger partial charge in [-0.1, -0.05) is 47.5 Å². The maximum absolute atomic E-state index is 12.6. The van der Waals surface area contributed by atoms with E-state index in [1.807, 2.05) is 32.0 Å². The lowest BCUT2D eigenvalue weighted by Gasteiger charge is -2.08. The molecule has 1 amide bonds. The maximum atomic E-state index is 12.6. The van der Waals surface area contributed by atoms with Gasteiger partial charge in [0.1, 0.15) is 4.91 Å². The van der Waals surface area contributed by atoms with Crippen LogP contribution in [0.3, 0.4) is 0 Å². The number of carbonyl (C=O) groups is 1. The van der Waals surface area contributed by atoms with Crippen molar-refractivity contribution >= 4 is 33.4 Å². The Bertz CT molecular complexity index is 900. The number of primary amides is 1. The van der Waals surface area contributed by atoms with Crippen LogP contribution < -0.4 is 5.73 Å². The Labute approximate surface area is 146 Å². The summed E-state index contributed by atoms with van der Waals surface area (Å²) in [6.07, 6.45) is 1.34. The van der Waals surface area contributed by atoms with E-state index in [0.717, 1.165) is 11.1 Å². The van der Waals surface area contributed by atoms with Gasteiger partial charge in [0.05, 0.1) is 5.75 Å². The molecule has 0 unspecified atom stereocenters. The molecular weight excluding hydrogens is 346 g/mol. The van der Waals surface area contributed by atoms with Gasteiger partial charge in [0.2, 0.25) is 0 Å². The molecule has 2 N–H and O–H groups in total. The minimum atomic E-state index is -3.87. The van der Waals surface area contributed by atoms with E-state index in [1.165, 1.54) is 6.08 Å². The van der Waals surface area contributed by atoms with Crippen LogP contribution in [0, 0.1) is 13.8 Å². The monoisotopic (exact) mass is 363 g/mol. The lowest BCUT2D eigenvalue weighted by atomic mass is 10.1. The molecule has 0 aliphatic carbocycles. The second-order valence-electron chi connectivity index (χ2n) is 5.62. The molecule has 24 heavy (non-hydrogen) atoms. The normalized spacial score (nSPS) is 12.2. The first-order valence-corrected chi connectivity index (χ1v) is 9.28. The van der Waals surface area contributed by atoms with Crippen molar-refractivity contribution < 1.29 is 13.2 Å². The van der Waals surface area contributed by atoms with E-state index in [9.17, 15) is 13.2 Å². The first-order chi connectivity index (χ1) is 11.2. The van der Waals surface area contributed by atoms with Crippen LogP contribution in [0.25, 0.3) is 6.08 Å². The van der Waals surface area contributed by atoms with Crippen molar-refractivity contribution in [3.05, 3.63) is 74.6 Å². The van der Waals surface area contributed by atoms with Crippen LogP contribution in [-0.2, 0) is 20.4 Å². The highest BCUT2D eigenvalue weighted by Crippen LogP contribution is 2.21. The fraction of sp³-hybridized carbons (Fsp3) is 0.167. The Hall–Kier alpha value is -2.11. The summed E-state index contributed by atoms with van der Waals surface area (Å²) in [5.74, 6) is -1.28. The fourth-order valence-corrected chi connectivity index (χ4v) is 3.77. The Morgan fingerprint density at radius 1 is 1.12 bits per heavy atom. The highest BCUT2D eigenvalue weighted by Gasteiger charge is 2.23. The lowest BCUT2D eigenvalue weighted by molar-refractivity contribution is -0.113. The number of hydrogen-bond acceptors (Lipinski definition) is 3. The van der Waals surface area contributed by atoms with E-state index in [0.29, 0.717) is 16.1 Å².